The van der Waals surface area contributed by atoms with Gasteiger partial charge in [-0.2, -0.15) is 0 Å². The van der Waals surface area contributed by atoms with Crippen LogP contribution in [0.2, 0.25) is 0 Å². The van der Waals surface area contributed by atoms with Gasteiger partial charge < -0.3 is 10.1 Å². The maximum absolute atomic E-state index is 11.2. The Morgan fingerprint density at radius 2 is 1.95 bits per heavy atom. The molecule has 1 N–H and O–H groups in total. The van der Waals surface area contributed by atoms with Gasteiger partial charge >= 0.3 is 0 Å². The highest BCUT2D eigenvalue weighted by Gasteiger charge is 1.97. The predicted octanol–water partition coefficient (Wildman–Crippen LogP) is 3.02. The SMILES string of the molecule is CNC(=O)/C=C/c1cccc(OCc2ccccc2)c1. The zero-order valence-electron chi connectivity index (χ0n) is 11.4. The van der Waals surface area contributed by atoms with Gasteiger partial charge in [-0.3, -0.25) is 4.79 Å². The standard InChI is InChI=1S/C17H17NO2/c1-18-17(19)11-10-14-8-5-9-16(12-14)20-13-15-6-3-2-4-7-15/h2-12H,13H2,1H3,(H,18,19)/b11-10+. The molecule has 2 aromatic carbocycles. The van der Waals surface area contributed by atoms with Gasteiger partial charge in [0.25, 0.3) is 0 Å². The van der Waals surface area contributed by atoms with Gasteiger partial charge in [0.05, 0.1) is 0 Å². The molecule has 102 valence electrons. The Hall–Kier alpha value is -2.55. The van der Waals surface area contributed by atoms with Crippen molar-refractivity contribution in [2.45, 2.75) is 6.61 Å². The summed E-state index contributed by atoms with van der Waals surface area (Å²) in [5, 5.41) is 2.54. The molecule has 0 saturated carbocycles. The van der Waals surface area contributed by atoms with Crippen LogP contribution in [-0.4, -0.2) is 13.0 Å². The number of ether oxygens (including phenoxy) is 1. The van der Waals surface area contributed by atoms with Crippen LogP contribution >= 0.6 is 0 Å². The molecule has 0 atom stereocenters. The molecule has 0 aromatic heterocycles. The second-order valence-corrected chi connectivity index (χ2v) is 4.29. The summed E-state index contributed by atoms with van der Waals surface area (Å²) in [5.41, 5.74) is 2.05. The van der Waals surface area contributed by atoms with E-state index in [0.717, 1.165) is 16.9 Å². The first-order valence-electron chi connectivity index (χ1n) is 6.44. The molecule has 0 spiro atoms. The second kappa shape index (κ2) is 7.14. The predicted molar refractivity (Wildman–Crippen MR) is 80.3 cm³/mol. The van der Waals surface area contributed by atoms with Crippen LogP contribution in [-0.2, 0) is 11.4 Å². The van der Waals surface area contributed by atoms with Crippen molar-refractivity contribution in [3.8, 4) is 5.75 Å². The Bertz CT molecular complexity index is 591. The van der Waals surface area contributed by atoms with Crippen molar-refractivity contribution < 1.29 is 9.53 Å². The van der Waals surface area contributed by atoms with E-state index in [1.54, 1.807) is 13.1 Å². The molecule has 0 aliphatic carbocycles. The van der Waals surface area contributed by atoms with Crippen molar-refractivity contribution in [1.82, 2.24) is 5.32 Å². The first-order valence-corrected chi connectivity index (χ1v) is 6.44. The lowest BCUT2D eigenvalue weighted by Crippen LogP contribution is -2.13. The minimum atomic E-state index is -0.124. The van der Waals surface area contributed by atoms with Gasteiger partial charge in [-0.05, 0) is 29.3 Å². The van der Waals surface area contributed by atoms with Crippen LogP contribution in [0.3, 0.4) is 0 Å². The number of rotatable bonds is 5. The number of likely N-dealkylation sites (N-methyl/N-ethyl adjacent to an activating group) is 1. The van der Waals surface area contributed by atoms with E-state index in [4.69, 9.17) is 4.74 Å². The van der Waals surface area contributed by atoms with Gasteiger partial charge in [0.2, 0.25) is 5.91 Å². The molecule has 0 radical (unpaired) electrons. The van der Waals surface area contributed by atoms with E-state index >= 15 is 0 Å². The van der Waals surface area contributed by atoms with Crippen molar-refractivity contribution in [2.24, 2.45) is 0 Å². The number of hydrogen-bond donors (Lipinski definition) is 1. The molecule has 2 aromatic rings. The van der Waals surface area contributed by atoms with E-state index in [1.165, 1.54) is 6.08 Å². The number of amides is 1. The largest absolute Gasteiger partial charge is 0.489 e. The van der Waals surface area contributed by atoms with E-state index in [-0.39, 0.29) is 5.91 Å². The van der Waals surface area contributed by atoms with Gasteiger partial charge in [0.1, 0.15) is 12.4 Å². The Balaban J connectivity index is 1.99. The molecule has 2 rings (SSSR count). The highest BCUT2D eigenvalue weighted by Crippen LogP contribution is 2.16. The third-order valence-electron chi connectivity index (χ3n) is 2.78. The monoisotopic (exact) mass is 267 g/mol. The molecule has 0 bridgehead atoms. The Morgan fingerprint density at radius 1 is 1.15 bits per heavy atom. The van der Waals surface area contributed by atoms with Crippen LogP contribution in [0, 0.1) is 0 Å². The number of nitrogens with one attached hydrogen (secondary N) is 1. The van der Waals surface area contributed by atoms with Crippen LogP contribution in [0.5, 0.6) is 5.75 Å². The first kappa shape index (κ1) is 13.9. The van der Waals surface area contributed by atoms with Gasteiger partial charge in [-0.1, -0.05) is 42.5 Å². The maximum atomic E-state index is 11.2. The highest BCUT2D eigenvalue weighted by atomic mass is 16.5. The molecule has 1 amide bonds. The average molecular weight is 267 g/mol. The van der Waals surface area contributed by atoms with Crippen molar-refractivity contribution >= 4 is 12.0 Å². The number of carbonyl (C=O) groups excluding carboxylic acids is 1. The molecule has 0 aliphatic heterocycles. The zero-order valence-corrected chi connectivity index (χ0v) is 11.4. The van der Waals surface area contributed by atoms with Crippen LogP contribution in [0.1, 0.15) is 11.1 Å². The summed E-state index contributed by atoms with van der Waals surface area (Å²) < 4.78 is 5.73. The van der Waals surface area contributed by atoms with Crippen molar-refractivity contribution in [2.75, 3.05) is 7.05 Å². The second-order valence-electron chi connectivity index (χ2n) is 4.29. The third kappa shape index (κ3) is 4.28. The molecule has 0 fully saturated rings. The van der Waals surface area contributed by atoms with Crippen molar-refractivity contribution in [1.29, 1.82) is 0 Å². The Kier molecular flexibility index (Phi) is 4.95. The highest BCUT2D eigenvalue weighted by molar-refractivity contribution is 5.91. The molecule has 0 unspecified atom stereocenters. The van der Waals surface area contributed by atoms with E-state index in [1.807, 2.05) is 54.6 Å². The lowest BCUT2D eigenvalue weighted by molar-refractivity contribution is -0.115. The number of carbonyl (C=O) groups is 1. The Morgan fingerprint density at radius 3 is 2.70 bits per heavy atom. The fraction of sp³-hybridized carbons (Fsp3) is 0.118. The minimum Gasteiger partial charge on any atom is -0.489 e. The fourth-order valence-electron chi connectivity index (χ4n) is 1.70. The van der Waals surface area contributed by atoms with E-state index < -0.39 is 0 Å². The van der Waals surface area contributed by atoms with Crippen LogP contribution in [0.25, 0.3) is 6.08 Å². The molecule has 0 saturated heterocycles. The lowest BCUT2D eigenvalue weighted by Gasteiger charge is -2.06. The van der Waals surface area contributed by atoms with Crippen molar-refractivity contribution in [3.05, 3.63) is 71.8 Å². The summed E-state index contributed by atoms with van der Waals surface area (Å²) in [6.07, 6.45) is 3.25. The quantitative estimate of drug-likeness (QED) is 0.846. The van der Waals surface area contributed by atoms with Crippen LogP contribution in [0.4, 0.5) is 0 Å². The first-order chi connectivity index (χ1) is 9.78. The minimum absolute atomic E-state index is 0.124. The third-order valence-corrected chi connectivity index (χ3v) is 2.78. The summed E-state index contributed by atoms with van der Waals surface area (Å²) in [5.74, 6) is 0.661. The van der Waals surface area contributed by atoms with Gasteiger partial charge in [0.15, 0.2) is 0 Å². The van der Waals surface area contributed by atoms with E-state index in [0.29, 0.717) is 6.61 Å². The molecule has 0 heterocycles. The molecular weight excluding hydrogens is 250 g/mol. The normalized spacial score (nSPS) is 10.4. The maximum Gasteiger partial charge on any atom is 0.243 e. The smallest absolute Gasteiger partial charge is 0.243 e. The lowest BCUT2D eigenvalue weighted by atomic mass is 10.2. The van der Waals surface area contributed by atoms with Crippen molar-refractivity contribution in [3.63, 3.8) is 0 Å². The average Bonchev–Trinajstić information content (AvgIpc) is 2.52. The number of hydrogen-bond acceptors (Lipinski definition) is 2. The summed E-state index contributed by atoms with van der Waals surface area (Å²) >= 11 is 0. The van der Waals surface area contributed by atoms with E-state index in [2.05, 4.69) is 5.32 Å². The molecular formula is C17H17NO2. The van der Waals surface area contributed by atoms with Gasteiger partial charge in [0, 0.05) is 13.1 Å². The topological polar surface area (TPSA) is 38.3 Å². The Labute approximate surface area is 118 Å². The van der Waals surface area contributed by atoms with E-state index in [9.17, 15) is 4.79 Å². The number of benzene rings is 2. The van der Waals surface area contributed by atoms with Gasteiger partial charge in [-0.25, -0.2) is 0 Å². The summed E-state index contributed by atoms with van der Waals surface area (Å²) in [6.45, 7) is 0.531. The fourth-order valence-corrected chi connectivity index (χ4v) is 1.70. The molecule has 3 heteroatoms. The van der Waals surface area contributed by atoms with Gasteiger partial charge in [-0.15, -0.1) is 0 Å². The molecule has 3 nitrogen and oxygen atoms in total. The van der Waals surface area contributed by atoms with Crippen LogP contribution < -0.4 is 10.1 Å². The zero-order chi connectivity index (χ0) is 14.2. The molecule has 0 aliphatic rings. The summed E-state index contributed by atoms with van der Waals surface area (Å²) in [6, 6.07) is 17.6. The summed E-state index contributed by atoms with van der Waals surface area (Å²) in [7, 11) is 1.60. The summed E-state index contributed by atoms with van der Waals surface area (Å²) in [4.78, 5) is 11.2. The van der Waals surface area contributed by atoms with Crippen LogP contribution in [0.15, 0.2) is 60.7 Å². The molecule has 20 heavy (non-hydrogen) atoms.